The van der Waals surface area contributed by atoms with E-state index in [1.165, 1.54) is 0 Å². The van der Waals surface area contributed by atoms with E-state index in [1.807, 2.05) is 0 Å². The van der Waals surface area contributed by atoms with Crippen molar-refractivity contribution in [3.8, 4) is 29.1 Å². The van der Waals surface area contributed by atoms with Gasteiger partial charge in [-0.15, -0.1) is 0 Å². The van der Waals surface area contributed by atoms with Gasteiger partial charge in [0.1, 0.15) is 41.6 Å². The van der Waals surface area contributed by atoms with Crippen molar-refractivity contribution in [1.82, 2.24) is 0 Å². The van der Waals surface area contributed by atoms with Crippen molar-refractivity contribution in [3.63, 3.8) is 0 Å². The van der Waals surface area contributed by atoms with Crippen molar-refractivity contribution >= 4 is 12.6 Å². The van der Waals surface area contributed by atoms with Crippen LogP contribution >= 0.6 is 0 Å². The molecule has 0 aliphatic rings. The van der Waals surface area contributed by atoms with E-state index >= 15 is 0 Å². The van der Waals surface area contributed by atoms with Gasteiger partial charge >= 0.3 is 0 Å². The molecule has 5 nitrogen and oxygen atoms in total. The lowest BCUT2D eigenvalue weighted by Crippen LogP contribution is -1.91. The quantitative estimate of drug-likeness (QED) is 0.603. The van der Waals surface area contributed by atoms with Crippen molar-refractivity contribution in [2.75, 3.05) is 0 Å². The highest BCUT2D eigenvalue weighted by molar-refractivity contribution is 5.75. The van der Waals surface area contributed by atoms with Gasteiger partial charge in [0.15, 0.2) is 0 Å². The standard InChI is InChI=1S/C21H13NO4/c22-12-17-5-10-20(25-18-6-1-15(13-23)2-7-18)11-21(17)26-19-8-3-16(14-24)4-9-19/h1-11,13-14H. The van der Waals surface area contributed by atoms with Crippen LogP contribution < -0.4 is 9.47 Å². The SMILES string of the molecule is N#Cc1ccc(Oc2ccc(C=O)cc2)cc1Oc1ccc(C=O)cc1. The highest BCUT2D eigenvalue weighted by atomic mass is 16.5. The van der Waals surface area contributed by atoms with Gasteiger partial charge in [-0.25, -0.2) is 0 Å². The molecule has 3 rings (SSSR count). The molecule has 126 valence electrons. The number of aldehydes is 2. The van der Waals surface area contributed by atoms with Crippen molar-refractivity contribution < 1.29 is 19.1 Å². The van der Waals surface area contributed by atoms with Crippen LogP contribution in [0.3, 0.4) is 0 Å². The molecule has 0 heterocycles. The van der Waals surface area contributed by atoms with E-state index in [0.29, 0.717) is 39.7 Å². The highest BCUT2D eigenvalue weighted by Gasteiger charge is 2.08. The Balaban J connectivity index is 1.84. The summed E-state index contributed by atoms with van der Waals surface area (Å²) in [6, 6.07) is 20.2. The second-order valence-corrected chi connectivity index (χ2v) is 5.35. The fourth-order valence-corrected chi connectivity index (χ4v) is 2.23. The van der Waals surface area contributed by atoms with Crippen molar-refractivity contribution in [2.24, 2.45) is 0 Å². The van der Waals surface area contributed by atoms with Crippen LogP contribution in [0, 0.1) is 11.3 Å². The maximum Gasteiger partial charge on any atom is 0.150 e. The summed E-state index contributed by atoms with van der Waals surface area (Å²) >= 11 is 0. The van der Waals surface area contributed by atoms with E-state index in [1.54, 1.807) is 66.7 Å². The molecule has 0 aromatic heterocycles. The Hall–Kier alpha value is -3.91. The van der Waals surface area contributed by atoms with E-state index < -0.39 is 0 Å². The minimum atomic E-state index is 0.341. The molecule has 0 saturated heterocycles. The summed E-state index contributed by atoms with van der Waals surface area (Å²) in [5.74, 6) is 1.89. The van der Waals surface area contributed by atoms with Gasteiger partial charge in [0.25, 0.3) is 0 Å². The number of hydrogen-bond donors (Lipinski definition) is 0. The molecule has 0 N–H and O–H groups in total. The molecule has 0 fully saturated rings. The first-order chi connectivity index (χ1) is 12.7. The van der Waals surface area contributed by atoms with Crippen LogP contribution in [0.4, 0.5) is 0 Å². The number of carbonyl (C=O) groups excluding carboxylic acids is 2. The van der Waals surface area contributed by atoms with Crippen LogP contribution in [0.25, 0.3) is 0 Å². The average molecular weight is 343 g/mol. The third-order valence-electron chi connectivity index (χ3n) is 3.57. The topological polar surface area (TPSA) is 76.4 Å². The molecule has 0 amide bonds. The van der Waals surface area contributed by atoms with E-state index in [9.17, 15) is 14.9 Å². The summed E-state index contributed by atoms with van der Waals surface area (Å²) in [5, 5.41) is 9.27. The zero-order valence-corrected chi connectivity index (χ0v) is 13.6. The second kappa shape index (κ2) is 7.77. The molecule has 0 bridgehead atoms. The van der Waals surface area contributed by atoms with E-state index in [0.717, 1.165) is 12.6 Å². The first kappa shape index (κ1) is 16.9. The minimum Gasteiger partial charge on any atom is -0.457 e. The van der Waals surface area contributed by atoms with Crippen molar-refractivity contribution in [3.05, 3.63) is 83.4 Å². The lowest BCUT2D eigenvalue weighted by atomic mass is 10.2. The Morgan fingerprint density at radius 1 is 0.692 bits per heavy atom. The van der Waals surface area contributed by atoms with Crippen LogP contribution in [-0.2, 0) is 0 Å². The molecule has 3 aromatic rings. The number of nitrogens with zero attached hydrogens (tertiary/aromatic N) is 1. The lowest BCUT2D eigenvalue weighted by molar-refractivity contribution is 0.111. The summed E-state index contributed by atoms with van der Waals surface area (Å²) in [6.45, 7) is 0. The van der Waals surface area contributed by atoms with Crippen molar-refractivity contribution in [1.29, 1.82) is 5.26 Å². The van der Waals surface area contributed by atoms with Gasteiger partial charge in [-0.1, -0.05) is 0 Å². The monoisotopic (exact) mass is 343 g/mol. The van der Waals surface area contributed by atoms with Gasteiger partial charge in [-0.3, -0.25) is 9.59 Å². The first-order valence-corrected chi connectivity index (χ1v) is 7.72. The lowest BCUT2D eigenvalue weighted by Gasteiger charge is -2.11. The molecule has 0 radical (unpaired) electrons. The Kier molecular flexibility index (Phi) is 5.06. The molecule has 0 saturated carbocycles. The zero-order chi connectivity index (χ0) is 18.4. The number of benzene rings is 3. The van der Waals surface area contributed by atoms with E-state index in [2.05, 4.69) is 6.07 Å². The molecule has 0 atom stereocenters. The largest absolute Gasteiger partial charge is 0.457 e. The molecule has 0 unspecified atom stereocenters. The summed E-state index contributed by atoms with van der Waals surface area (Å²) < 4.78 is 11.5. The van der Waals surface area contributed by atoms with Crippen LogP contribution in [-0.4, -0.2) is 12.6 Å². The Labute approximate surface area is 150 Å². The summed E-state index contributed by atoms with van der Waals surface area (Å²) in [6.07, 6.45) is 1.50. The van der Waals surface area contributed by atoms with Gasteiger partial charge in [0, 0.05) is 17.2 Å². The Morgan fingerprint density at radius 3 is 1.69 bits per heavy atom. The van der Waals surface area contributed by atoms with Gasteiger partial charge < -0.3 is 9.47 Å². The van der Waals surface area contributed by atoms with Crippen molar-refractivity contribution in [2.45, 2.75) is 0 Å². The fraction of sp³-hybridized carbons (Fsp3) is 0. The number of ether oxygens (including phenoxy) is 2. The van der Waals surface area contributed by atoms with Gasteiger partial charge in [-0.05, 0) is 60.7 Å². The first-order valence-electron chi connectivity index (χ1n) is 7.72. The molecular weight excluding hydrogens is 330 g/mol. The average Bonchev–Trinajstić information content (AvgIpc) is 2.69. The predicted molar refractivity (Wildman–Crippen MR) is 95.0 cm³/mol. The number of nitriles is 1. The molecular formula is C21H13NO4. The van der Waals surface area contributed by atoms with E-state index in [4.69, 9.17) is 9.47 Å². The molecule has 3 aromatic carbocycles. The maximum atomic E-state index is 10.7. The molecule has 0 spiro atoms. The summed E-state index contributed by atoms with van der Waals surface area (Å²) in [5.41, 5.74) is 1.45. The fourth-order valence-electron chi connectivity index (χ4n) is 2.23. The summed E-state index contributed by atoms with van der Waals surface area (Å²) in [7, 11) is 0. The Bertz CT molecular complexity index is 970. The van der Waals surface area contributed by atoms with Gasteiger partial charge in [-0.2, -0.15) is 5.26 Å². The summed E-state index contributed by atoms with van der Waals surface area (Å²) in [4.78, 5) is 21.4. The number of carbonyl (C=O) groups is 2. The van der Waals surface area contributed by atoms with Gasteiger partial charge in [0.05, 0.1) is 5.56 Å². The van der Waals surface area contributed by atoms with E-state index in [-0.39, 0.29) is 0 Å². The smallest absolute Gasteiger partial charge is 0.150 e. The molecule has 0 aliphatic heterocycles. The van der Waals surface area contributed by atoms with Crippen LogP contribution in [0.1, 0.15) is 26.3 Å². The minimum absolute atomic E-state index is 0.341. The maximum absolute atomic E-state index is 10.7. The number of hydrogen-bond acceptors (Lipinski definition) is 5. The van der Waals surface area contributed by atoms with Gasteiger partial charge in [0.2, 0.25) is 0 Å². The zero-order valence-electron chi connectivity index (χ0n) is 13.6. The second-order valence-electron chi connectivity index (χ2n) is 5.35. The number of rotatable bonds is 6. The predicted octanol–water partition coefficient (Wildman–Crippen LogP) is 4.77. The Morgan fingerprint density at radius 2 is 1.19 bits per heavy atom. The highest BCUT2D eigenvalue weighted by Crippen LogP contribution is 2.31. The normalized spacial score (nSPS) is 9.81. The molecule has 5 heteroatoms. The molecule has 0 aliphatic carbocycles. The van der Waals surface area contributed by atoms with Crippen LogP contribution in [0.5, 0.6) is 23.0 Å². The third kappa shape index (κ3) is 3.94. The third-order valence-corrected chi connectivity index (χ3v) is 3.57. The van der Waals surface area contributed by atoms with Crippen LogP contribution in [0.15, 0.2) is 66.7 Å². The molecule has 26 heavy (non-hydrogen) atoms. The van der Waals surface area contributed by atoms with Crippen LogP contribution in [0.2, 0.25) is 0 Å².